The highest BCUT2D eigenvalue weighted by Gasteiger charge is 2.34. The van der Waals surface area contributed by atoms with E-state index < -0.39 is 0 Å². The summed E-state index contributed by atoms with van der Waals surface area (Å²) in [5, 5.41) is 16.1. The van der Waals surface area contributed by atoms with Crippen molar-refractivity contribution >= 4 is 5.91 Å². The van der Waals surface area contributed by atoms with E-state index in [1.165, 1.54) is 6.42 Å². The molecule has 1 aliphatic rings. The van der Waals surface area contributed by atoms with Crippen LogP contribution in [-0.4, -0.2) is 35.2 Å². The standard InChI is InChI=1S/C15H30N2O2/c1-4-13(5-2)16-14(19)12(3)17-15(11-18)9-7-6-8-10-15/h12-13,17-18H,4-11H2,1-3H3,(H,16,19). The van der Waals surface area contributed by atoms with Crippen molar-refractivity contribution in [3.8, 4) is 0 Å². The molecule has 4 heteroatoms. The Hall–Kier alpha value is -0.610. The third-order valence-corrected chi connectivity index (χ3v) is 4.36. The van der Waals surface area contributed by atoms with Crippen molar-refractivity contribution in [3.63, 3.8) is 0 Å². The van der Waals surface area contributed by atoms with Crippen LogP contribution in [0.15, 0.2) is 0 Å². The largest absolute Gasteiger partial charge is 0.394 e. The van der Waals surface area contributed by atoms with Gasteiger partial charge in [-0.3, -0.25) is 10.1 Å². The molecule has 0 heterocycles. The summed E-state index contributed by atoms with van der Waals surface area (Å²) < 4.78 is 0. The smallest absolute Gasteiger partial charge is 0.237 e. The molecule has 0 aromatic carbocycles. The molecule has 1 fully saturated rings. The van der Waals surface area contributed by atoms with E-state index in [1.54, 1.807) is 0 Å². The molecule has 0 aromatic rings. The maximum atomic E-state index is 12.1. The maximum Gasteiger partial charge on any atom is 0.237 e. The Balaban J connectivity index is 2.51. The highest BCUT2D eigenvalue weighted by Crippen LogP contribution is 2.28. The van der Waals surface area contributed by atoms with Gasteiger partial charge in [0.1, 0.15) is 0 Å². The lowest BCUT2D eigenvalue weighted by Crippen LogP contribution is -2.58. The monoisotopic (exact) mass is 270 g/mol. The molecule has 0 aliphatic heterocycles. The van der Waals surface area contributed by atoms with E-state index in [9.17, 15) is 9.90 Å². The Morgan fingerprint density at radius 2 is 1.79 bits per heavy atom. The summed E-state index contributed by atoms with van der Waals surface area (Å²) in [5.41, 5.74) is -0.247. The van der Waals surface area contributed by atoms with Gasteiger partial charge < -0.3 is 10.4 Å². The number of amides is 1. The predicted octanol–water partition coefficient (Wildman–Crippen LogP) is 1.96. The lowest BCUT2D eigenvalue weighted by molar-refractivity contribution is -0.124. The number of aliphatic hydroxyl groups is 1. The van der Waals surface area contributed by atoms with Crippen molar-refractivity contribution in [1.82, 2.24) is 10.6 Å². The van der Waals surface area contributed by atoms with Crippen molar-refractivity contribution < 1.29 is 9.90 Å². The van der Waals surface area contributed by atoms with E-state index in [-0.39, 0.29) is 30.1 Å². The summed E-state index contributed by atoms with van der Waals surface area (Å²) in [5.74, 6) is 0.0482. The molecule has 3 N–H and O–H groups in total. The zero-order valence-corrected chi connectivity index (χ0v) is 12.7. The Bertz CT molecular complexity index is 271. The summed E-state index contributed by atoms with van der Waals surface area (Å²) in [4.78, 5) is 12.1. The Labute approximate surface area is 117 Å². The second kappa shape index (κ2) is 7.85. The molecule has 112 valence electrons. The summed E-state index contributed by atoms with van der Waals surface area (Å²) in [6, 6.07) is 0.0130. The summed E-state index contributed by atoms with van der Waals surface area (Å²) in [6.07, 6.45) is 7.35. The van der Waals surface area contributed by atoms with E-state index >= 15 is 0 Å². The van der Waals surface area contributed by atoms with Gasteiger partial charge in [-0.15, -0.1) is 0 Å². The molecule has 1 amide bonds. The van der Waals surface area contributed by atoms with Crippen LogP contribution in [0.2, 0.25) is 0 Å². The molecule has 1 unspecified atom stereocenters. The lowest BCUT2D eigenvalue weighted by atomic mass is 9.81. The highest BCUT2D eigenvalue weighted by atomic mass is 16.3. The van der Waals surface area contributed by atoms with Crippen LogP contribution in [0, 0.1) is 0 Å². The van der Waals surface area contributed by atoms with E-state index in [1.807, 2.05) is 6.92 Å². The molecule has 0 spiro atoms. The molecule has 0 radical (unpaired) electrons. The molecule has 0 saturated heterocycles. The van der Waals surface area contributed by atoms with Gasteiger partial charge in [-0.2, -0.15) is 0 Å². The van der Waals surface area contributed by atoms with Gasteiger partial charge in [-0.25, -0.2) is 0 Å². The number of nitrogens with one attached hydrogen (secondary N) is 2. The van der Waals surface area contributed by atoms with Gasteiger partial charge in [-0.05, 0) is 32.6 Å². The molecule has 1 aliphatic carbocycles. The van der Waals surface area contributed by atoms with Crippen molar-refractivity contribution in [1.29, 1.82) is 0 Å². The third-order valence-electron chi connectivity index (χ3n) is 4.36. The van der Waals surface area contributed by atoms with Gasteiger partial charge in [0, 0.05) is 11.6 Å². The van der Waals surface area contributed by atoms with Crippen molar-refractivity contribution in [2.45, 2.75) is 83.3 Å². The number of carbonyl (C=O) groups is 1. The second-order valence-electron chi connectivity index (χ2n) is 5.89. The van der Waals surface area contributed by atoms with Gasteiger partial charge in [0.2, 0.25) is 5.91 Å². The normalized spacial score (nSPS) is 20.3. The van der Waals surface area contributed by atoms with Gasteiger partial charge in [-0.1, -0.05) is 33.1 Å². The first-order valence-electron chi connectivity index (χ1n) is 7.76. The average molecular weight is 270 g/mol. The minimum Gasteiger partial charge on any atom is -0.394 e. The fourth-order valence-corrected chi connectivity index (χ4v) is 2.92. The highest BCUT2D eigenvalue weighted by molar-refractivity contribution is 5.81. The van der Waals surface area contributed by atoms with Gasteiger partial charge in [0.15, 0.2) is 0 Å². The quantitative estimate of drug-likeness (QED) is 0.663. The van der Waals surface area contributed by atoms with Crippen LogP contribution in [0.3, 0.4) is 0 Å². The van der Waals surface area contributed by atoms with Crippen molar-refractivity contribution in [2.75, 3.05) is 6.61 Å². The molecule has 1 rings (SSSR count). The molecule has 1 saturated carbocycles. The number of rotatable bonds is 7. The first kappa shape index (κ1) is 16.4. The third kappa shape index (κ3) is 4.77. The van der Waals surface area contributed by atoms with Crippen LogP contribution in [-0.2, 0) is 4.79 Å². The number of hydrogen-bond donors (Lipinski definition) is 3. The van der Waals surface area contributed by atoms with Crippen molar-refractivity contribution in [2.24, 2.45) is 0 Å². The molecule has 4 nitrogen and oxygen atoms in total. The van der Waals surface area contributed by atoms with Crippen LogP contribution >= 0.6 is 0 Å². The van der Waals surface area contributed by atoms with Gasteiger partial charge >= 0.3 is 0 Å². The maximum absolute atomic E-state index is 12.1. The lowest BCUT2D eigenvalue weighted by Gasteiger charge is -2.38. The van der Waals surface area contributed by atoms with Crippen LogP contribution in [0.5, 0.6) is 0 Å². The summed E-state index contributed by atoms with van der Waals surface area (Å²) in [7, 11) is 0. The fraction of sp³-hybridized carbons (Fsp3) is 0.933. The minimum atomic E-state index is -0.247. The first-order valence-corrected chi connectivity index (χ1v) is 7.76. The van der Waals surface area contributed by atoms with Gasteiger partial charge in [0.25, 0.3) is 0 Å². The number of carbonyl (C=O) groups excluding carboxylic acids is 1. The minimum absolute atomic E-state index is 0.0482. The molecule has 0 aromatic heterocycles. The topological polar surface area (TPSA) is 61.4 Å². The van der Waals surface area contributed by atoms with Crippen molar-refractivity contribution in [3.05, 3.63) is 0 Å². The average Bonchev–Trinajstić information content (AvgIpc) is 2.45. The van der Waals surface area contributed by atoms with Crippen LogP contribution in [0.4, 0.5) is 0 Å². The van der Waals surface area contributed by atoms with Gasteiger partial charge in [0.05, 0.1) is 12.6 Å². The van der Waals surface area contributed by atoms with E-state index in [0.29, 0.717) is 0 Å². The van der Waals surface area contributed by atoms with Crippen LogP contribution in [0.25, 0.3) is 0 Å². The molecule has 0 bridgehead atoms. The van der Waals surface area contributed by atoms with Crippen LogP contribution in [0.1, 0.15) is 65.7 Å². The fourth-order valence-electron chi connectivity index (χ4n) is 2.92. The van der Waals surface area contributed by atoms with Crippen LogP contribution < -0.4 is 10.6 Å². The summed E-state index contributed by atoms with van der Waals surface area (Å²) in [6.45, 7) is 6.19. The second-order valence-corrected chi connectivity index (χ2v) is 5.89. The number of hydrogen-bond acceptors (Lipinski definition) is 3. The molecular weight excluding hydrogens is 240 g/mol. The SMILES string of the molecule is CCC(CC)NC(=O)C(C)NC1(CO)CCCCC1. The molecule has 19 heavy (non-hydrogen) atoms. The zero-order valence-electron chi connectivity index (χ0n) is 12.7. The predicted molar refractivity (Wildman–Crippen MR) is 78.0 cm³/mol. The van der Waals surface area contributed by atoms with E-state index in [2.05, 4.69) is 24.5 Å². The zero-order chi connectivity index (χ0) is 14.3. The Morgan fingerprint density at radius 3 is 2.26 bits per heavy atom. The Kier molecular flexibility index (Phi) is 6.80. The van der Waals surface area contributed by atoms with E-state index in [0.717, 1.165) is 38.5 Å². The summed E-state index contributed by atoms with van der Waals surface area (Å²) >= 11 is 0. The first-order chi connectivity index (χ1) is 9.06. The van der Waals surface area contributed by atoms with E-state index in [4.69, 9.17) is 0 Å². The number of aliphatic hydroxyl groups excluding tert-OH is 1. The molecule has 1 atom stereocenters. The molecular formula is C15H30N2O2. The Morgan fingerprint density at radius 1 is 1.21 bits per heavy atom.